The quantitative estimate of drug-likeness (QED) is 0.795. The zero-order valence-electron chi connectivity index (χ0n) is 13.8. The van der Waals surface area contributed by atoms with Gasteiger partial charge in [-0.05, 0) is 31.6 Å². The van der Waals surface area contributed by atoms with Crippen molar-refractivity contribution < 1.29 is 17.9 Å². The molecule has 0 atom stereocenters. The first-order valence-corrected chi connectivity index (χ1v) is 7.86. The van der Waals surface area contributed by atoms with E-state index in [0.717, 1.165) is 23.3 Å². The van der Waals surface area contributed by atoms with Gasteiger partial charge in [0.15, 0.2) is 5.70 Å². The van der Waals surface area contributed by atoms with Crippen molar-refractivity contribution >= 4 is 35.8 Å². The number of amides is 1. The molecular weight excluding hydrogens is 299 g/mol. The van der Waals surface area contributed by atoms with Crippen molar-refractivity contribution in [3.05, 3.63) is 29.5 Å². The number of benzene rings is 1. The number of anilines is 1. The summed E-state index contributed by atoms with van der Waals surface area (Å²) in [5, 5.41) is 0. The first-order valence-electron chi connectivity index (χ1n) is 7.86. The fraction of sp³-hybridized carbons (Fsp3) is 0.375. The molecule has 1 aromatic carbocycles. The smallest absolute Gasteiger partial charge is 0.432 e. The van der Waals surface area contributed by atoms with E-state index >= 15 is 8.63 Å². The summed E-state index contributed by atoms with van der Waals surface area (Å²) in [5.41, 5.74) is 1.26. The van der Waals surface area contributed by atoms with Gasteiger partial charge in [-0.2, -0.15) is 4.90 Å². The summed E-state index contributed by atoms with van der Waals surface area (Å²) in [5.74, 6) is -0.118. The molecule has 0 aromatic heterocycles. The molecule has 0 unspecified atom stereocenters. The summed E-state index contributed by atoms with van der Waals surface area (Å²) in [6.45, 7) is 3.04. The van der Waals surface area contributed by atoms with Crippen LogP contribution in [0.3, 0.4) is 0 Å². The highest BCUT2D eigenvalue weighted by Gasteiger charge is 2.51. The minimum absolute atomic E-state index is 0.000556. The summed E-state index contributed by atoms with van der Waals surface area (Å²) < 4.78 is 31.2. The van der Waals surface area contributed by atoms with Crippen LogP contribution >= 0.6 is 0 Å². The average Bonchev–Trinajstić information content (AvgIpc) is 2.74. The third-order valence-corrected chi connectivity index (χ3v) is 4.81. The third-order valence-electron chi connectivity index (χ3n) is 4.81. The summed E-state index contributed by atoms with van der Waals surface area (Å²) >= 11 is 0. The Morgan fingerprint density at radius 2 is 1.91 bits per heavy atom. The second kappa shape index (κ2) is 5.18. The Bertz CT molecular complexity index is 754. The molecule has 0 saturated carbocycles. The number of hydrogen-bond acceptors (Lipinski definition) is 2. The molecule has 0 fully saturated rings. The molecule has 7 heteroatoms. The molecule has 2 heterocycles. The molecule has 0 saturated heterocycles. The fourth-order valence-electron chi connectivity index (χ4n) is 3.36. The lowest BCUT2D eigenvalue weighted by molar-refractivity contribution is -0.352. The van der Waals surface area contributed by atoms with E-state index in [4.69, 9.17) is 0 Å². The highest BCUT2D eigenvalue weighted by molar-refractivity contribution is 6.75. The van der Waals surface area contributed by atoms with Crippen LogP contribution in [-0.4, -0.2) is 48.1 Å². The van der Waals surface area contributed by atoms with Gasteiger partial charge in [-0.25, -0.2) is 4.79 Å². The highest BCUT2D eigenvalue weighted by atomic mass is 19.2. The molecular formula is C16H20BF2N3O. The van der Waals surface area contributed by atoms with E-state index in [9.17, 15) is 4.79 Å². The van der Waals surface area contributed by atoms with Crippen molar-refractivity contribution in [2.45, 2.75) is 20.8 Å². The van der Waals surface area contributed by atoms with Crippen molar-refractivity contribution in [3.8, 4) is 0 Å². The third kappa shape index (κ3) is 2.10. The van der Waals surface area contributed by atoms with Crippen molar-refractivity contribution in [1.29, 1.82) is 0 Å². The predicted octanol–water partition coefficient (Wildman–Crippen LogP) is 1.88. The molecule has 23 heavy (non-hydrogen) atoms. The molecule has 2 aliphatic heterocycles. The zero-order chi connectivity index (χ0) is 16.9. The standard InChI is InChI=1S/C16H20BF2N3O/c1-5-21(6-2)13-8-7-12-9-15-16(23)20(4)11(3)22(15)17(18,19)14(12)10-13/h7-10H,5-6H2,1-4H3. The number of carbonyl (C=O) groups excluding carboxylic acids is 1. The lowest BCUT2D eigenvalue weighted by Crippen LogP contribution is -2.54. The van der Waals surface area contributed by atoms with Gasteiger partial charge in [0, 0.05) is 25.7 Å². The lowest BCUT2D eigenvalue weighted by Gasteiger charge is -2.32. The number of amidine groups is 1. The first-order chi connectivity index (χ1) is 10.8. The van der Waals surface area contributed by atoms with Crippen LogP contribution in [0.2, 0.25) is 0 Å². The SMILES string of the molecule is CCN(CC)c1ccc2c(c1)[B-](F)(F)[N+]1=C(C)N(C)C(=O)C1=C2. The number of nitrogens with zero attached hydrogens (tertiary/aromatic N) is 3. The second-order valence-corrected chi connectivity index (χ2v) is 5.92. The van der Waals surface area contributed by atoms with Crippen molar-refractivity contribution in [2.24, 2.45) is 0 Å². The zero-order valence-corrected chi connectivity index (χ0v) is 13.8. The normalized spacial score (nSPS) is 18.8. The van der Waals surface area contributed by atoms with E-state index in [1.807, 2.05) is 24.8 Å². The van der Waals surface area contributed by atoms with Crippen molar-refractivity contribution in [3.63, 3.8) is 0 Å². The molecule has 122 valence electrons. The minimum Gasteiger partial charge on any atom is -0.432 e. The number of likely N-dealkylation sites (N-methyl/N-ethyl adjacent to an activating group) is 1. The van der Waals surface area contributed by atoms with E-state index in [1.165, 1.54) is 11.9 Å². The Morgan fingerprint density at radius 1 is 1.26 bits per heavy atom. The molecule has 1 aromatic rings. The monoisotopic (exact) mass is 319 g/mol. The summed E-state index contributed by atoms with van der Waals surface area (Å²) in [7, 11) is 1.52. The van der Waals surface area contributed by atoms with Crippen LogP contribution in [0.15, 0.2) is 23.9 Å². The molecule has 1 amide bonds. The van der Waals surface area contributed by atoms with Gasteiger partial charge in [-0.3, -0.25) is 0 Å². The first kappa shape index (κ1) is 15.7. The van der Waals surface area contributed by atoms with Gasteiger partial charge in [0.1, 0.15) is 0 Å². The van der Waals surface area contributed by atoms with Crippen LogP contribution in [-0.2, 0) is 4.79 Å². The maximum absolute atomic E-state index is 15.1. The summed E-state index contributed by atoms with van der Waals surface area (Å²) in [6.07, 6.45) is 1.57. The Kier molecular flexibility index (Phi) is 3.54. The molecule has 0 spiro atoms. The Hall–Kier alpha value is -2.18. The average molecular weight is 319 g/mol. The van der Waals surface area contributed by atoms with Gasteiger partial charge in [0.2, 0.25) is 5.84 Å². The molecule has 0 aliphatic carbocycles. The number of rotatable bonds is 3. The Balaban J connectivity index is 2.21. The molecule has 0 bridgehead atoms. The van der Waals surface area contributed by atoms with Crippen molar-refractivity contribution in [2.75, 3.05) is 25.0 Å². The fourth-order valence-corrected chi connectivity index (χ4v) is 3.36. The minimum atomic E-state index is -4.01. The van der Waals surface area contributed by atoms with E-state index in [-0.39, 0.29) is 22.9 Å². The predicted molar refractivity (Wildman–Crippen MR) is 89.3 cm³/mol. The van der Waals surface area contributed by atoms with Crippen LogP contribution in [0.1, 0.15) is 26.3 Å². The van der Waals surface area contributed by atoms with Gasteiger partial charge < -0.3 is 18.0 Å². The van der Waals surface area contributed by atoms with Crippen LogP contribution in [0.25, 0.3) is 6.08 Å². The number of carbonyl (C=O) groups is 1. The van der Waals surface area contributed by atoms with Gasteiger partial charge in [-0.15, -0.1) is 0 Å². The molecule has 0 N–H and O–H groups in total. The second-order valence-electron chi connectivity index (χ2n) is 5.92. The Morgan fingerprint density at radius 3 is 2.52 bits per heavy atom. The van der Waals surface area contributed by atoms with Crippen LogP contribution in [0, 0.1) is 0 Å². The molecule has 2 aliphatic rings. The topological polar surface area (TPSA) is 26.6 Å². The van der Waals surface area contributed by atoms with Gasteiger partial charge in [0.05, 0.1) is 7.05 Å². The lowest BCUT2D eigenvalue weighted by atomic mass is 9.65. The van der Waals surface area contributed by atoms with E-state index in [1.54, 1.807) is 25.1 Å². The summed E-state index contributed by atoms with van der Waals surface area (Å²) in [4.78, 5) is 15.5. The van der Waals surface area contributed by atoms with Crippen LogP contribution in [0.4, 0.5) is 14.3 Å². The maximum Gasteiger partial charge on any atom is 0.549 e. The van der Waals surface area contributed by atoms with E-state index in [0.29, 0.717) is 5.56 Å². The molecule has 0 radical (unpaired) electrons. The van der Waals surface area contributed by atoms with Crippen molar-refractivity contribution in [1.82, 2.24) is 4.90 Å². The summed E-state index contributed by atoms with van der Waals surface area (Å²) in [6, 6.07) is 5.08. The van der Waals surface area contributed by atoms with E-state index < -0.39 is 6.84 Å². The maximum atomic E-state index is 15.1. The Labute approximate surface area is 134 Å². The number of hydrogen-bond donors (Lipinski definition) is 0. The molecule has 4 nitrogen and oxygen atoms in total. The number of fused-ring (bicyclic) bond motifs is 2. The number of halogens is 2. The van der Waals surface area contributed by atoms with Gasteiger partial charge in [-0.1, -0.05) is 17.6 Å². The van der Waals surface area contributed by atoms with Gasteiger partial charge in [0.25, 0.3) is 0 Å². The van der Waals surface area contributed by atoms with Crippen LogP contribution in [0.5, 0.6) is 0 Å². The van der Waals surface area contributed by atoms with Crippen LogP contribution < -0.4 is 10.4 Å². The highest BCUT2D eigenvalue weighted by Crippen LogP contribution is 2.30. The molecule has 3 rings (SSSR count). The van der Waals surface area contributed by atoms with E-state index in [2.05, 4.69) is 0 Å². The largest absolute Gasteiger partial charge is 0.549 e. The van der Waals surface area contributed by atoms with Gasteiger partial charge >= 0.3 is 12.7 Å².